The van der Waals surface area contributed by atoms with Crippen LogP contribution < -0.4 is 5.32 Å². The molecule has 1 saturated heterocycles. The number of hydrogen-bond donors (Lipinski definition) is 1. The molecule has 1 heterocycles. The summed E-state index contributed by atoms with van der Waals surface area (Å²) in [5.74, 6) is 0. The van der Waals surface area contributed by atoms with Crippen molar-refractivity contribution in [1.29, 1.82) is 0 Å². The molecule has 1 aromatic carbocycles. The maximum Gasteiger partial charge on any atom is 0.322 e. The number of morpholine rings is 1. The molecule has 0 saturated carbocycles. The third-order valence-corrected chi connectivity index (χ3v) is 4.18. The third kappa shape index (κ3) is 3.70. The summed E-state index contributed by atoms with van der Waals surface area (Å²) in [6.45, 7) is 6.01. The fourth-order valence-corrected chi connectivity index (χ4v) is 2.32. The molecule has 4 nitrogen and oxygen atoms in total. The zero-order chi connectivity index (χ0) is 13.8. The Kier molecular flexibility index (Phi) is 4.82. The number of nitrogens with zero attached hydrogens (tertiary/aromatic N) is 1. The maximum atomic E-state index is 12.2. The van der Waals surface area contributed by atoms with Crippen molar-refractivity contribution in [3.05, 3.63) is 28.2 Å². The van der Waals surface area contributed by atoms with Crippen LogP contribution in [0.2, 0.25) is 0 Å². The number of carbonyl (C=O) groups excluding carboxylic acids is 1. The Morgan fingerprint density at radius 2 is 2.37 bits per heavy atom. The molecule has 104 valence electrons. The van der Waals surface area contributed by atoms with E-state index in [1.807, 2.05) is 30.0 Å². The number of halogens is 1. The van der Waals surface area contributed by atoms with E-state index in [-0.39, 0.29) is 12.1 Å². The average molecular weight is 327 g/mol. The van der Waals surface area contributed by atoms with Crippen molar-refractivity contribution in [3.8, 4) is 0 Å². The van der Waals surface area contributed by atoms with Crippen LogP contribution in [0.3, 0.4) is 0 Å². The van der Waals surface area contributed by atoms with Gasteiger partial charge in [-0.25, -0.2) is 4.79 Å². The smallest absolute Gasteiger partial charge is 0.322 e. The Balaban J connectivity index is 1.98. The van der Waals surface area contributed by atoms with Gasteiger partial charge in [0, 0.05) is 23.2 Å². The summed E-state index contributed by atoms with van der Waals surface area (Å²) >= 11 is 3.45. The Labute approximate surface area is 122 Å². The molecule has 1 N–H and O–H groups in total. The van der Waals surface area contributed by atoms with Crippen molar-refractivity contribution in [2.45, 2.75) is 26.4 Å². The molecule has 0 aromatic heterocycles. The first-order valence-electron chi connectivity index (χ1n) is 6.54. The van der Waals surface area contributed by atoms with E-state index >= 15 is 0 Å². The van der Waals surface area contributed by atoms with E-state index < -0.39 is 0 Å². The summed E-state index contributed by atoms with van der Waals surface area (Å²) in [5.41, 5.74) is 1.93. The van der Waals surface area contributed by atoms with Gasteiger partial charge in [-0.3, -0.25) is 0 Å². The molecule has 5 heteroatoms. The molecule has 19 heavy (non-hydrogen) atoms. The van der Waals surface area contributed by atoms with Gasteiger partial charge in [0.1, 0.15) is 0 Å². The van der Waals surface area contributed by atoms with Gasteiger partial charge in [0.25, 0.3) is 0 Å². The lowest BCUT2D eigenvalue weighted by atomic mass is 10.2. The molecule has 0 radical (unpaired) electrons. The van der Waals surface area contributed by atoms with Crippen molar-refractivity contribution in [3.63, 3.8) is 0 Å². The summed E-state index contributed by atoms with van der Waals surface area (Å²) in [4.78, 5) is 14.0. The molecule has 0 aliphatic carbocycles. The lowest BCUT2D eigenvalue weighted by molar-refractivity contribution is -0.0134. The molecule has 0 spiro atoms. The molecule has 0 bridgehead atoms. The standard InChI is InChI=1S/C14H19BrN2O2/c1-3-12-9-17(6-7-19-12)14(18)16-11-4-5-13(15)10(2)8-11/h4-5,8,12H,3,6-7,9H2,1-2H3,(H,16,18)/t12-/m1/s1. The number of ether oxygens (including phenoxy) is 1. The highest BCUT2D eigenvalue weighted by atomic mass is 79.9. The molecule has 2 rings (SSSR count). The molecule has 2 amide bonds. The highest BCUT2D eigenvalue weighted by Crippen LogP contribution is 2.20. The van der Waals surface area contributed by atoms with Crippen LogP contribution in [0.4, 0.5) is 10.5 Å². The van der Waals surface area contributed by atoms with Gasteiger partial charge in [-0.05, 0) is 37.1 Å². The molecular weight excluding hydrogens is 308 g/mol. The Bertz CT molecular complexity index is 465. The lowest BCUT2D eigenvalue weighted by Crippen LogP contribution is -2.47. The quantitative estimate of drug-likeness (QED) is 0.904. The number of carbonyl (C=O) groups is 1. The summed E-state index contributed by atoms with van der Waals surface area (Å²) in [5, 5.41) is 2.93. The summed E-state index contributed by atoms with van der Waals surface area (Å²) in [6.07, 6.45) is 1.09. The SMILES string of the molecule is CC[C@@H]1CN(C(=O)Nc2ccc(Br)c(C)c2)CCO1. The zero-order valence-corrected chi connectivity index (χ0v) is 12.9. The normalized spacial score (nSPS) is 19.3. The van der Waals surface area contributed by atoms with Crippen LogP contribution in [0.5, 0.6) is 0 Å². The van der Waals surface area contributed by atoms with E-state index in [4.69, 9.17) is 4.74 Å². The predicted octanol–water partition coefficient (Wildman–Crippen LogP) is 3.40. The van der Waals surface area contributed by atoms with Crippen molar-refractivity contribution >= 4 is 27.6 Å². The van der Waals surface area contributed by atoms with Crippen LogP contribution in [0.25, 0.3) is 0 Å². The van der Waals surface area contributed by atoms with Gasteiger partial charge in [0.15, 0.2) is 0 Å². The topological polar surface area (TPSA) is 41.6 Å². The molecular formula is C14H19BrN2O2. The largest absolute Gasteiger partial charge is 0.375 e. The highest BCUT2D eigenvalue weighted by Gasteiger charge is 2.22. The second kappa shape index (κ2) is 6.39. The van der Waals surface area contributed by atoms with Crippen molar-refractivity contribution in [2.75, 3.05) is 25.0 Å². The van der Waals surface area contributed by atoms with Crippen LogP contribution in [0.15, 0.2) is 22.7 Å². The van der Waals surface area contributed by atoms with Gasteiger partial charge in [-0.2, -0.15) is 0 Å². The average Bonchev–Trinajstić information content (AvgIpc) is 2.43. The number of nitrogens with one attached hydrogen (secondary N) is 1. The number of rotatable bonds is 2. The Morgan fingerprint density at radius 1 is 1.58 bits per heavy atom. The fraction of sp³-hybridized carbons (Fsp3) is 0.500. The van der Waals surface area contributed by atoms with Gasteiger partial charge in [0.05, 0.1) is 12.7 Å². The number of amides is 2. The molecule has 1 aliphatic rings. The second-order valence-electron chi connectivity index (χ2n) is 4.74. The molecule has 0 unspecified atom stereocenters. The third-order valence-electron chi connectivity index (χ3n) is 3.29. The summed E-state index contributed by atoms with van der Waals surface area (Å²) in [7, 11) is 0. The van der Waals surface area contributed by atoms with E-state index in [2.05, 4.69) is 28.2 Å². The van der Waals surface area contributed by atoms with Gasteiger partial charge in [0.2, 0.25) is 0 Å². The molecule has 1 atom stereocenters. The summed E-state index contributed by atoms with van der Waals surface area (Å²) in [6, 6.07) is 5.74. The first-order valence-corrected chi connectivity index (χ1v) is 7.33. The van der Waals surface area contributed by atoms with Gasteiger partial charge in [-0.1, -0.05) is 22.9 Å². The second-order valence-corrected chi connectivity index (χ2v) is 5.60. The van der Waals surface area contributed by atoms with Gasteiger partial charge < -0.3 is 15.0 Å². The van der Waals surface area contributed by atoms with Crippen molar-refractivity contribution < 1.29 is 9.53 Å². The monoisotopic (exact) mass is 326 g/mol. The van der Waals surface area contributed by atoms with E-state index in [9.17, 15) is 4.79 Å². The van der Waals surface area contributed by atoms with Crippen molar-refractivity contribution in [2.24, 2.45) is 0 Å². The van der Waals surface area contributed by atoms with E-state index in [0.717, 1.165) is 22.1 Å². The van der Waals surface area contributed by atoms with E-state index in [1.54, 1.807) is 0 Å². The van der Waals surface area contributed by atoms with Crippen molar-refractivity contribution in [1.82, 2.24) is 4.90 Å². The number of urea groups is 1. The van der Waals surface area contributed by atoms with Gasteiger partial charge >= 0.3 is 6.03 Å². The van der Waals surface area contributed by atoms with Crippen LogP contribution in [0, 0.1) is 6.92 Å². The van der Waals surface area contributed by atoms with E-state index in [1.165, 1.54) is 0 Å². The minimum absolute atomic E-state index is 0.0523. The Hall–Kier alpha value is -1.07. The highest BCUT2D eigenvalue weighted by molar-refractivity contribution is 9.10. The molecule has 1 fully saturated rings. The first-order chi connectivity index (χ1) is 9.10. The number of hydrogen-bond acceptors (Lipinski definition) is 2. The first kappa shape index (κ1) is 14.3. The molecule has 1 aliphatic heterocycles. The van der Waals surface area contributed by atoms with Gasteiger partial charge in [-0.15, -0.1) is 0 Å². The summed E-state index contributed by atoms with van der Waals surface area (Å²) < 4.78 is 6.61. The van der Waals surface area contributed by atoms with Crippen LogP contribution in [0.1, 0.15) is 18.9 Å². The fourth-order valence-electron chi connectivity index (χ4n) is 2.08. The lowest BCUT2D eigenvalue weighted by Gasteiger charge is -2.32. The van der Waals surface area contributed by atoms with Crippen LogP contribution >= 0.6 is 15.9 Å². The number of aryl methyl sites for hydroxylation is 1. The Morgan fingerprint density at radius 3 is 3.05 bits per heavy atom. The van der Waals surface area contributed by atoms with Crippen LogP contribution in [-0.2, 0) is 4.74 Å². The number of anilines is 1. The predicted molar refractivity (Wildman–Crippen MR) is 79.5 cm³/mol. The molecule has 1 aromatic rings. The number of benzene rings is 1. The minimum atomic E-state index is -0.0523. The minimum Gasteiger partial charge on any atom is -0.375 e. The van der Waals surface area contributed by atoms with Crippen LogP contribution in [-0.4, -0.2) is 36.7 Å². The maximum absolute atomic E-state index is 12.2. The zero-order valence-electron chi connectivity index (χ0n) is 11.3. The van der Waals surface area contributed by atoms with E-state index in [0.29, 0.717) is 19.7 Å².